The van der Waals surface area contributed by atoms with E-state index in [1.807, 2.05) is 0 Å². The molecule has 15 atom stereocenters. The van der Waals surface area contributed by atoms with Gasteiger partial charge in [0.05, 0.1) is 40.7 Å². The van der Waals surface area contributed by atoms with Gasteiger partial charge in [-0.2, -0.15) is 0 Å². The Morgan fingerprint density at radius 3 is 2.23 bits per heavy atom. The average Bonchev–Trinajstić information content (AvgIpc) is 1.10. The first-order valence-corrected chi connectivity index (χ1v) is 34.2. The molecule has 9 aliphatic carbocycles. The van der Waals surface area contributed by atoms with Crippen molar-refractivity contribution in [3.8, 4) is 0 Å². The van der Waals surface area contributed by atoms with Gasteiger partial charge in [0.2, 0.25) is 0 Å². The normalized spacial score (nSPS) is 41.3. The van der Waals surface area contributed by atoms with Crippen LogP contribution in [0, 0.1) is 61.6 Å². The standard InChI is InChI=1S/C74H97N3O7/c1-67(2)65(84-67)55(80)35-68(3)26-19-45-37-76-60-51(53(40-78)48-32-46(42-15-9-8-10-16-42)31-47(33-48)43-22-29-83-30-23-43)38-77(61(45)60)39-52-56-58(68)54(79)36-69(56,4)70(5)41-73(24-13-14-25-73)66-71(6,49-17-11-12-18-49)64(82)57-50-21-28-75-59(50)44-20-27-74(57,34-44)72(66,7)63(70)62(52)81/h21,28,31-33,37-38,40,42-44,49,52-53,55,57,62-63,65-66,75-76,80-81H,8-20,22-27,29-30,34-36,39,41H2,1-7H3/t44-,52-,53-,55-,57-,62-,63+,65-,66+,68+,69+,70+,71-,72+,74-/m1/s1. The minimum atomic E-state index is -0.841. The Bertz CT molecular complexity index is 3350. The molecule has 10 heteroatoms. The highest BCUT2D eigenvalue weighted by Crippen LogP contribution is 2.88. The lowest BCUT2D eigenvalue weighted by molar-refractivity contribution is -0.308. The lowest BCUT2D eigenvalue weighted by Crippen LogP contribution is -2.78. The zero-order chi connectivity index (χ0) is 57.9. The van der Waals surface area contributed by atoms with E-state index in [4.69, 9.17) is 9.47 Å². The third-order valence-corrected chi connectivity index (χ3v) is 28.6. The molecule has 0 unspecified atom stereocenters. The minimum Gasteiger partial charge on any atom is -0.392 e. The summed E-state index contributed by atoms with van der Waals surface area (Å²) in [6, 6.07) is 9.51. The largest absolute Gasteiger partial charge is 0.392 e. The maximum absolute atomic E-state index is 16.8. The summed E-state index contributed by atoms with van der Waals surface area (Å²) in [4.78, 5) is 55.0. The van der Waals surface area contributed by atoms with E-state index in [-0.39, 0.29) is 40.5 Å². The van der Waals surface area contributed by atoms with Crippen molar-refractivity contribution in [1.82, 2.24) is 14.5 Å². The van der Waals surface area contributed by atoms with Crippen LogP contribution in [0.2, 0.25) is 0 Å². The number of ether oxygens (including phenoxy) is 2. The summed E-state index contributed by atoms with van der Waals surface area (Å²) in [5, 5.41) is 27.5. The molecule has 4 N–H and O–H groups in total. The number of nitrogens with one attached hydrogen (secondary N) is 2. The number of nitrogens with zero attached hydrogens (tertiary/aromatic N) is 1. The number of hydrogen-bond acceptors (Lipinski definition) is 7. The SMILES string of the molecule is CC1(C)O[C@@H]1[C@H](O)C[C@]1(C)CCc2c[nH]c3c([C@H](C=O)c4cc(C5CCCCC5)cc(C5CCOCC5)c4)cn(c23)C[C@@H]2C3=C1C(=O)C[C@]3(C)[C@@]1(C)CC3(CCCC3)[C@@H]3[C@](C)([C@H]1[C@@H]2O)[C@]12CC[C@H](C1)c1[nH]ccc1[C@@H]2C(=O)[C@@]3(C)C1CCCC1. The van der Waals surface area contributed by atoms with E-state index in [2.05, 4.69) is 106 Å². The molecule has 4 aromatic rings. The maximum Gasteiger partial charge on any atom is 0.160 e. The number of aliphatic hydroxyl groups excluding tert-OH is 2. The number of aromatic amines is 2. The van der Waals surface area contributed by atoms with Crippen LogP contribution in [0.1, 0.15) is 258 Å². The number of benzene rings is 1. The first kappa shape index (κ1) is 55.2. The van der Waals surface area contributed by atoms with Crippen molar-refractivity contribution in [2.24, 2.45) is 61.6 Å². The molecule has 1 aromatic carbocycles. The molecule has 450 valence electrons. The molecular weight excluding hydrogens is 1040 g/mol. The summed E-state index contributed by atoms with van der Waals surface area (Å²) in [5.74, 6) is 0.871. The third kappa shape index (κ3) is 7.20. The van der Waals surface area contributed by atoms with Crippen LogP contribution in [0.25, 0.3) is 11.0 Å². The van der Waals surface area contributed by atoms with E-state index in [1.54, 1.807) is 0 Å². The van der Waals surface area contributed by atoms with Crippen LogP contribution in [0.15, 0.2) is 54.0 Å². The quantitative estimate of drug-likeness (QED) is 0.0963. The number of carbonyl (C=O) groups is 3. The lowest BCUT2D eigenvalue weighted by atomic mass is 9.23. The summed E-state index contributed by atoms with van der Waals surface area (Å²) in [7, 11) is 0. The van der Waals surface area contributed by atoms with Gasteiger partial charge >= 0.3 is 0 Å². The van der Waals surface area contributed by atoms with E-state index < -0.39 is 56.7 Å². The van der Waals surface area contributed by atoms with Crippen molar-refractivity contribution in [2.75, 3.05) is 13.2 Å². The minimum absolute atomic E-state index is 0.0938. The molecule has 84 heavy (non-hydrogen) atoms. The van der Waals surface area contributed by atoms with E-state index in [9.17, 15) is 9.90 Å². The third-order valence-electron chi connectivity index (χ3n) is 28.6. The fraction of sp³-hybridized carbons (Fsp3) is 0.716. The van der Waals surface area contributed by atoms with E-state index in [1.165, 1.54) is 73.6 Å². The predicted molar refractivity (Wildman–Crippen MR) is 326 cm³/mol. The fourth-order valence-electron chi connectivity index (χ4n) is 25.3. The summed E-state index contributed by atoms with van der Waals surface area (Å²) >= 11 is 0. The maximum atomic E-state index is 16.8. The molecule has 10 nitrogen and oxygen atoms in total. The van der Waals surface area contributed by atoms with Gasteiger partial charge in [0, 0.05) is 78.3 Å². The molecule has 6 heterocycles. The summed E-state index contributed by atoms with van der Waals surface area (Å²) < 4.78 is 14.6. The molecule has 2 spiro atoms. The van der Waals surface area contributed by atoms with Crippen LogP contribution in [0.3, 0.4) is 0 Å². The topological polar surface area (TPSA) is 150 Å². The molecule has 3 aliphatic heterocycles. The van der Waals surface area contributed by atoms with Crippen LogP contribution >= 0.6 is 0 Å². The number of aryl methyl sites for hydroxylation is 1. The molecule has 0 radical (unpaired) electrons. The van der Waals surface area contributed by atoms with Crippen molar-refractivity contribution in [3.05, 3.63) is 93.1 Å². The van der Waals surface area contributed by atoms with Crippen LogP contribution in [0.5, 0.6) is 0 Å². The zero-order valence-corrected chi connectivity index (χ0v) is 51.8. The number of epoxide rings is 1. The van der Waals surface area contributed by atoms with Gasteiger partial charge in [0.25, 0.3) is 0 Å². The van der Waals surface area contributed by atoms with Crippen LogP contribution in [0.4, 0.5) is 0 Å². The fourth-order valence-corrected chi connectivity index (χ4v) is 25.3. The van der Waals surface area contributed by atoms with Crippen molar-refractivity contribution < 1.29 is 34.1 Å². The van der Waals surface area contributed by atoms with Gasteiger partial charge in [-0.1, -0.05) is 97.8 Å². The number of ketones is 2. The second-order valence-electron chi connectivity index (χ2n) is 32.7. The number of carbonyl (C=O) groups excluding carboxylic acids is 3. The lowest BCUT2D eigenvalue weighted by Gasteiger charge is -2.80. The number of aliphatic hydroxyl groups is 2. The molecule has 0 amide bonds. The van der Waals surface area contributed by atoms with Crippen molar-refractivity contribution >= 4 is 28.9 Å². The van der Waals surface area contributed by atoms with E-state index in [0.717, 1.165) is 129 Å². The van der Waals surface area contributed by atoms with Crippen molar-refractivity contribution in [1.29, 1.82) is 0 Å². The van der Waals surface area contributed by atoms with Gasteiger partial charge in [-0.3, -0.25) is 9.59 Å². The number of aldehydes is 1. The Kier molecular flexibility index (Phi) is 12.3. The molecule has 2 bridgehead atoms. The van der Waals surface area contributed by atoms with Crippen molar-refractivity contribution in [3.63, 3.8) is 0 Å². The highest BCUT2D eigenvalue weighted by molar-refractivity contribution is 6.02. The molecule has 12 aliphatic rings. The van der Waals surface area contributed by atoms with Crippen molar-refractivity contribution in [2.45, 2.75) is 256 Å². The Morgan fingerprint density at radius 2 is 1.52 bits per heavy atom. The number of fused-ring (bicyclic) bond motifs is 9. The summed E-state index contributed by atoms with van der Waals surface area (Å²) in [6.45, 7) is 18.6. The van der Waals surface area contributed by atoms with Gasteiger partial charge < -0.3 is 39.0 Å². The van der Waals surface area contributed by atoms with Crippen LogP contribution < -0.4 is 0 Å². The predicted octanol–water partition coefficient (Wildman–Crippen LogP) is 14.8. The van der Waals surface area contributed by atoms with Gasteiger partial charge in [0.15, 0.2) is 5.78 Å². The zero-order valence-electron chi connectivity index (χ0n) is 51.8. The first-order valence-electron chi connectivity index (χ1n) is 34.2. The van der Waals surface area contributed by atoms with Crippen LogP contribution in [-0.2, 0) is 36.8 Å². The number of Topliss-reactive ketones (excluding diaryl/α,β-unsaturated/α-hetero) is 2. The number of aromatic nitrogens is 3. The number of hydrogen-bond donors (Lipinski definition) is 4. The smallest absolute Gasteiger partial charge is 0.160 e. The van der Waals surface area contributed by atoms with Crippen LogP contribution in [-0.4, -0.2) is 79.7 Å². The average molecular weight is 1140 g/mol. The number of rotatable bonds is 9. The Morgan fingerprint density at radius 1 is 0.821 bits per heavy atom. The second-order valence-corrected chi connectivity index (χ2v) is 32.7. The van der Waals surface area contributed by atoms with Gasteiger partial charge in [0.1, 0.15) is 18.2 Å². The number of H-pyrrole nitrogens is 2. The second kappa shape index (κ2) is 18.7. The van der Waals surface area contributed by atoms with E-state index in [0.29, 0.717) is 61.7 Å². The molecule has 7 saturated carbocycles. The Labute approximate surface area is 499 Å². The molecule has 3 aromatic heterocycles. The van der Waals surface area contributed by atoms with Gasteiger partial charge in [-0.15, -0.1) is 0 Å². The molecule has 9 fully saturated rings. The Balaban J connectivity index is 0.914. The molecule has 16 rings (SSSR count). The highest BCUT2D eigenvalue weighted by atomic mass is 16.6. The first-order chi connectivity index (χ1) is 40.3. The van der Waals surface area contributed by atoms with Gasteiger partial charge in [-0.05, 0) is 212 Å². The molecular formula is C74H97N3O7. The Hall–Kier alpha value is -4.09. The summed E-state index contributed by atoms with van der Waals surface area (Å²) in [6.07, 6.45) is 28.9. The monoisotopic (exact) mass is 1140 g/mol. The van der Waals surface area contributed by atoms with E-state index >= 15 is 14.7 Å². The number of allylic oxidation sites excluding steroid dienone is 1. The molecule has 2 saturated heterocycles. The highest BCUT2D eigenvalue weighted by Gasteiger charge is 2.84. The summed E-state index contributed by atoms with van der Waals surface area (Å²) in [5.41, 5.74) is 8.69. The van der Waals surface area contributed by atoms with Gasteiger partial charge in [-0.25, -0.2) is 0 Å².